The quantitative estimate of drug-likeness (QED) is 0.233. The molecule has 1 amide bonds. The Labute approximate surface area is 224 Å². The molecule has 0 unspecified atom stereocenters. The Balaban J connectivity index is 1.48. The molecule has 1 aliphatic heterocycles. The smallest absolute Gasteiger partial charge is 0.264 e. The summed E-state index contributed by atoms with van der Waals surface area (Å²) in [6, 6.07) is 19.7. The van der Waals surface area contributed by atoms with Crippen LogP contribution in [-0.2, 0) is 11.4 Å². The number of nitrogens with zero attached hydrogens (tertiary/aromatic N) is 1. The monoisotopic (exact) mass is 682 g/mol. The second-order valence-electron chi connectivity index (χ2n) is 7.27. The van der Waals surface area contributed by atoms with E-state index in [0.29, 0.717) is 16.7 Å². The lowest BCUT2D eigenvalue weighted by atomic mass is 10.1. The molecule has 1 saturated heterocycles. The molecule has 0 bridgehead atoms. The molecule has 33 heavy (non-hydrogen) atoms. The van der Waals surface area contributed by atoms with Crippen LogP contribution < -0.4 is 14.8 Å². The first-order valence-electron chi connectivity index (χ1n) is 10.0. The molecule has 3 aromatic carbocycles. The lowest BCUT2D eigenvalue weighted by Crippen LogP contribution is -2.19. The molecule has 4 rings (SSSR count). The largest absolute Gasteiger partial charge is 0.497 e. The van der Waals surface area contributed by atoms with Crippen LogP contribution in [0.1, 0.15) is 16.7 Å². The number of halogens is 2. The standard InChI is InChI=1S/C25H20I2N2O3S/c1-15-3-5-16(6-4-15)14-32-23-20(26)11-17(12-21(23)27)13-22-24(30)29-25(33-22)28-18-7-9-19(31-2)10-8-18/h3-13H,14H2,1-2H3,(H,28,29,30)/b22-13-. The molecular formula is C25H20I2N2O3S. The fraction of sp³-hybridized carbons (Fsp3) is 0.120. The lowest BCUT2D eigenvalue weighted by molar-refractivity contribution is -0.115. The number of amides is 1. The minimum Gasteiger partial charge on any atom is -0.497 e. The van der Waals surface area contributed by atoms with Crippen molar-refractivity contribution in [2.24, 2.45) is 4.99 Å². The van der Waals surface area contributed by atoms with E-state index in [4.69, 9.17) is 9.47 Å². The highest BCUT2D eigenvalue weighted by Crippen LogP contribution is 2.33. The van der Waals surface area contributed by atoms with Gasteiger partial charge >= 0.3 is 0 Å². The Morgan fingerprint density at radius 1 is 1.03 bits per heavy atom. The van der Waals surface area contributed by atoms with Gasteiger partial charge in [0.05, 0.1) is 24.8 Å². The van der Waals surface area contributed by atoms with E-state index in [9.17, 15) is 4.79 Å². The number of hydrogen-bond acceptors (Lipinski definition) is 5. The number of benzene rings is 3. The van der Waals surface area contributed by atoms with Gasteiger partial charge in [0.25, 0.3) is 5.91 Å². The van der Waals surface area contributed by atoms with Crippen LogP contribution in [0.4, 0.5) is 5.69 Å². The number of amidine groups is 1. The van der Waals surface area contributed by atoms with Crippen LogP contribution in [-0.4, -0.2) is 18.2 Å². The zero-order chi connectivity index (χ0) is 23.4. The molecule has 0 aromatic heterocycles. The number of rotatable bonds is 6. The molecule has 1 aliphatic rings. The van der Waals surface area contributed by atoms with E-state index in [2.05, 4.69) is 86.7 Å². The molecule has 0 aliphatic carbocycles. The van der Waals surface area contributed by atoms with E-state index in [0.717, 1.165) is 35.5 Å². The van der Waals surface area contributed by atoms with E-state index < -0.39 is 0 Å². The molecule has 8 heteroatoms. The van der Waals surface area contributed by atoms with Crippen LogP contribution in [0.15, 0.2) is 70.6 Å². The van der Waals surface area contributed by atoms with Gasteiger partial charge in [0.15, 0.2) is 5.17 Å². The predicted molar refractivity (Wildman–Crippen MR) is 151 cm³/mol. The van der Waals surface area contributed by atoms with Gasteiger partial charge in [0.2, 0.25) is 0 Å². The summed E-state index contributed by atoms with van der Waals surface area (Å²) in [6.45, 7) is 2.58. The SMILES string of the molecule is COc1ccc(N=C2NC(=O)/C(=C/c3cc(I)c(OCc4ccc(C)cc4)c(I)c3)S2)cc1. The first-order valence-corrected chi connectivity index (χ1v) is 13.0. The number of ether oxygens (including phenoxy) is 2. The highest BCUT2D eigenvalue weighted by Gasteiger charge is 2.24. The number of hydrogen-bond donors (Lipinski definition) is 1. The molecule has 0 atom stereocenters. The summed E-state index contributed by atoms with van der Waals surface area (Å²) >= 11 is 5.88. The van der Waals surface area contributed by atoms with Crippen LogP contribution >= 0.6 is 56.9 Å². The highest BCUT2D eigenvalue weighted by molar-refractivity contribution is 14.1. The minimum atomic E-state index is -0.156. The maximum Gasteiger partial charge on any atom is 0.264 e. The molecule has 1 fully saturated rings. The lowest BCUT2D eigenvalue weighted by Gasteiger charge is -2.12. The van der Waals surface area contributed by atoms with Gasteiger partial charge in [-0.3, -0.25) is 4.79 Å². The van der Waals surface area contributed by atoms with Crippen molar-refractivity contribution >= 4 is 79.8 Å². The predicted octanol–water partition coefficient (Wildman–Crippen LogP) is 6.68. The summed E-state index contributed by atoms with van der Waals surface area (Å²) in [4.78, 5) is 17.6. The van der Waals surface area contributed by atoms with Crippen molar-refractivity contribution in [1.29, 1.82) is 0 Å². The van der Waals surface area contributed by atoms with Crippen molar-refractivity contribution in [3.63, 3.8) is 0 Å². The van der Waals surface area contributed by atoms with E-state index in [1.807, 2.05) is 42.5 Å². The second-order valence-corrected chi connectivity index (χ2v) is 10.6. The van der Waals surface area contributed by atoms with E-state index in [1.54, 1.807) is 7.11 Å². The third-order valence-corrected chi connectivity index (χ3v) is 7.29. The third kappa shape index (κ3) is 6.30. The summed E-state index contributed by atoms with van der Waals surface area (Å²) in [5.74, 6) is 1.46. The van der Waals surface area contributed by atoms with Crippen LogP contribution in [0.5, 0.6) is 11.5 Å². The fourth-order valence-corrected chi connectivity index (χ4v) is 6.02. The Hall–Kier alpha value is -2.05. The fourth-order valence-electron chi connectivity index (χ4n) is 3.05. The topological polar surface area (TPSA) is 59.9 Å². The Kier molecular flexibility index (Phi) is 7.97. The average Bonchev–Trinajstić information content (AvgIpc) is 3.13. The van der Waals surface area contributed by atoms with Gasteiger partial charge in [-0.15, -0.1) is 0 Å². The second kappa shape index (κ2) is 10.9. The summed E-state index contributed by atoms with van der Waals surface area (Å²) in [5.41, 5.74) is 4.04. The number of nitrogens with one attached hydrogen (secondary N) is 1. The molecule has 0 saturated carbocycles. The van der Waals surface area contributed by atoms with Crippen molar-refractivity contribution in [2.45, 2.75) is 13.5 Å². The zero-order valence-corrected chi connectivity index (χ0v) is 23.0. The van der Waals surface area contributed by atoms with Crippen molar-refractivity contribution in [3.8, 4) is 11.5 Å². The summed E-state index contributed by atoms with van der Waals surface area (Å²) in [5, 5.41) is 3.38. The first kappa shape index (κ1) is 24.1. The van der Waals surface area contributed by atoms with Crippen LogP contribution in [0.25, 0.3) is 6.08 Å². The number of aliphatic imine (C=N–C) groups is 1. The highest BCUT2D eigenvalue weighted by atomic mass is 127. The number of aryl methyl sites for hydroxylation is 1. The molecule has 5 nitrogen and oxygen atoms in total. The van der Waals surface area contributed by atoms with E-state index in [-0.39, 0.29) is 5.91 Å². The average molecular weight is 682 g/mol. The van der Waals surface area contributed by atoms with Crippen LogP contribution in [0.3, 0.4) is 0 Å². The Morgan fingerprint density at radius 3 is 2.33 bits per heavy atom. The molecule has 0 spiro atoms. The number of carbonyl (C=O) groups is 1. The summed E-state index contributed by atoms with van der Waals surface area (Å²) in [7, 11) is 1.62. The molecular weight excluding hydrogens is 662 g/mol. The van der Waals surface area contributed by atoms with Gasteiger partial charge in [0, 0.05) is 0 Å². The maximum atomic E-state index is 12.5. The first-order chi connectivity index (χ1) is 15.9. The van der Waals surface area contributed by atoms with Crippen molar-refractivity contribution in [1.82, 2.24) is 5.32 Å². The zero-order valence-electron chi connectivity index (χ0n) is 17.9. The normalized spacial score (nSPS) is 15.7. The van der Waals surface area contributed by atoms with Gasteiger partial charge in [-0.1, -0.05) is 29.8 Å². The molecule has 1 N–H and O–H groups in total. The van der Waals surface area contributed by atoms with Gasteiger partial charge in [-0.05, 0) is 117 Å². The molecule has 1 heterocycles. The van der Waals surface area contributed by atoms with E-state index in [1.165, 1.54) is 17.3 Å². The van der Waals surface area contributed by atoms with Crippen LogP contribution in [0.2, 0.25) is 0 Å². The van der Waals surface area contributed by atoms with Gasteiger partial charge < -0.3 is 14.8 Å². The number of carbonyl (C=O) groups excluding carboxylic acids is 1. The maximum absolute atomic E-state index is 12.5. The van der Waals surface area contributed by atoms with Gasteiger partial charge in [0.1, 0.15) is 18.1 Å². The van der Waals surface area contributed by atoms with Crippen molar-refractivity contribution < 1.29 is 14.3 Å². The van der Waals surface area contributed by atoms with Crippen molar-refractivity contribution in [2.75, 3.05) is 7.11 Å². The number of thioether (sulfide) groups is 1. The minimum absolute atomic E-state index is 0.156. The number of methoxy groups -OCH3 is 1. The Morgan fingerprint density at radius 2 is 1.70 bits per heavy atom. The van der Waals surface area contributed by atoms with Gasteiger partial charge in [-0.2, -0.15) is 0 Å². The molecule has 3 aromatic rings. The van der Waals surface area contributed by atoms with Crippen LogP contribution in [0, 0.1) is 14.1 Å². The van der Waals surface area contributed by atoms with Gasteiger partial charge in [-0.25, -0.2) is 4.99 Å². The third-order valence-electron chi connectivity index (χ3n) is 4.78. The van der Waals surface area contributed by atoms with E-state index >= 15 is 0 Å². The Bertz CT molecular complexity index is 1220. The molecule has 168 valence electrons. The summed E-state index contributed by atoms with van der Waals surface area (Å²) < 4.78 is 13.2. The summed E-state index contributed by atoms with van der Waals surface area (Å²) in [6.07, 6.45) is 1.88. The van der Waals surface area contributed by atoms with Crippen molar-refractivity contribution in [3.05, 3.63) is 89.4 Å². The molecule has 0 radical (unpaired) electrons.